The second-order valence-corrected chi connectivity index (χ2v) is 9.91. The molecule has 0 aromatic heterocycles. The first-order valence-electron chi connectivity index (χ1n) is 11.2. The first kappa shape index (κ1) is 26.3. The van der Waals surface area contributed by atoms with Crippen molar-refractivity contribution in [2.75, 3.05) is 13.2 Å². The molecule has 0 aromatic carbocycles. The zero-order chi connectivity index (χ0) is 23.3. The van der Waals surface area contributed by atoms with E-state index in [9.17, 15) is 19.2 Å². The van der Waals surface area contributed by atoms with E-state index in [0.29, 0.717) is 37.9 Å². The number of ether oxygens (including phenoxy) is 2. The van der Waals surface area contributed by atoms with Crippen LogP contribution in [0.4, 0.5) is 0 Å². The van der Waals surface area contributed by atoms with E-state index in [4.69, 9.17) is 9.47 Å². The van der Waals surface area contributed by atoms with Gasteiger partial charge in [-0.3, -0.25) is 19.2 Å². The van der Waals surface area contributed by atoms with E-state index in [1.807, 2.05) is 0 Å². The fraction of sp³-hybridized carbons (Fsp3) is 0.833. The number of Topliss-reactive ketones (excluding diaryl/α,β-unsaturated/α-hetero) is 2. The molecule has 0 heterocycles. The van der Waals surface area contributed by atoms with Gasteiger partial charge in [-0.2, -0.15) is 0 Å². The van der Waals surface area contributed by atoms with Crippen molar-refractivity contribution < 1.29 is 28.7 Å². The fourth-order valence-corrected chi connectivity index (χ4v) is 4.46. The zero-order valence-corrected chi connectivity index (χ0v) is 20.0. The van der Waals surface area contributed by atoms with Crippen LogP contribution < -0.4 is 0 Å². The number of rotatable bonds is 6. The predicted octanol–water partition coefficient (Wildman–Crippen LogP) is 4.38. The molecule has 2 aliphatic carbocycles. The summed E-state index contributed by atoms with van der Waals surface area (Å²) in [6.07, 6.45) is 1.67. The van der Waals surface area contributed by atoms with Crippen LogP contribution in [-0.4, -0.2) is 36.7 Å². The minimum Gasteiger partial charge on any atom is -0.466 e. The molecule has 2 aliphatic rings. The number of hydrogen-bond acceptors (Lipinski definition) is 6. The molecule has 0 radical (unpaired) electrons. The lowest BCUT2D eigenvalue weighted by Gasteiger charge is -2.29. The third kappa shape index (κ3) is 6.14. The van der Waals surface area contributed by atoms with Gasteiger partial charge in [0.2, 0.25) is 0 Å². The molecule has 6 heteroatoms. The summed E-state index contributed by atoms with van der Waals surface area (Å²) in [4.78, 5) is 46.2. The van der Waals surface area contributed by atoms with Gasteiger partial charge in [-0.05, 0) is 36.5 Å². The van der Waals surface area contributed by atoms with Gasteiger partial charge < -0.3 is 9.47 Å². The lowest BCUT2D eigenvalue weighted by atomic mass is 9.75. The summed E-state index contributed by atoms with van der Waals surface area (Å²) in [6.45, 7) is 16.7. The van der Waals surface area contributed by atoms with Crippen LogP contribution in [0.15, 0.2) is 0 Å². The monoisotopic (exact) mass is 424 g/mol. The fourth-order valence-electron chi connectivity index (χ4n) is 4.46. The van der Waals surface area contributed by atoms with Crippen LogP contribution >= 0.6 is 0 Å². The van der Waals surface area contributed by atoms with Gasteiger partial charge in [-0.15, -0.1) is 0 Å². The summed E-state index contributed by atoms with van der Waals surface area (Å²) in [5.74, 6) is 0.295. The smallest absolute Gasteiger partial charge is 0.306 e. The Bertz CT molecular complexity index is 592. The number of carbonyl (C=O) groups excluding carboxylic acids is 4. The Morgan fingerprint density at radius 3 is 1.27 bits per heavy atom. The molecule has 6 nitrogen and oxygen atoms in total. The lowest BCUT2D eigenvalue weighted by Crippen LogP contribution is -2.28. The maximum absolute atomic E-state index is 11.7. The molecular weight excluding hydrogens is 384 g/mol. The number of carbonyl (C=O) groups is 4. The summed E-state index contributed by atoms with van der Waals surface area (Å²) in [5, 5.41) is 0. The molecule has 2 fully saturated rings. The van der Waals surface area contributed by atoms with Crippen LogP contribution in [0.3, 0.4) is 0 Å². The summed E-state index contributed by atoms with van der Waals surface area (Å²) in [7, 11) is 0. The first-order chi connectivity index (χ1) is 13.8. The molecule has 0 saturated heterocycles. The van der Waals surface area contributed by atoms with Gasteiger partial charge in [0.05, 0.1) is 26.1 Å². The second kappa shape index (κ2) is 10.5. The third-order valence-electron chi connectivity index (χ3n) is 7.48. The Balaban J connectivity index is 0.000000300. The standard InChI is InChI=1S/2C12H20O3/c2*1-5-15-11(14)7-9-10(13)6-8(2)12(9,3)4/h2*8-9H,5-7H2,1-4H3/t8-,9?;/m0./s1. The highest BCUT2D eigenvalue weighted by atomic mass is 16.5. The summed E-state index contributed by atoms with van der Waals surface area (Å²) in [5.41, 5.74) is -0.159. The second-order valence-electron chi connectivity index (χ2n) is 9.91. The van der Waals surface area contributed by atoms with Gasteiger partial charge in [-0.25, -0.2) is 0 Å². The van der Waals surface area contributed by atoms with Gasteiger partial charge in [0, 0.05) is 24.7 Å². The van der Waals surface area contributed by atoms with Crippen LogP contribution in [0.5, 0.6) is 0 Å². The first-order valence-corrected chi connectivity index (χ1v) is 11.2. The van der Waals surface area contributed by atoms with Crippen LogP contribution in [0, 0.1) is 34.5 Å². The number of esters is 2. The predicted molar refractivity (Wildman–Crippen MR) is 115 cm³/mol. The highest BCUT2D eigenvalue weighted by Crippen LogP contribution is 2.47. The molecule has 2 saturated carbocycles. The largest absolute Gasteiger partial charge is 0.466 e. The van der Waals surface area contributed by atoms with Crippen molar-refractivity contribution in [2.45, 2.75) is 81.1 Å². The maximum Gasteiger partial charge on any atom is 0.306 e. The quantitative estimate of drug-likeness (QED) is 0.588. The minimum atomic E-state index is -0.252. The Morgan fingerprint density at radius 1 is 0.767 bits per heavy atom. The van der Waals surface area contributed by atoms with Gasteiger partial charge >= 0.3 is 11.9 Å². The molecule has 3 unspecified atom stereocenters. The Labute approximate surface area is 181 Å². The van der Waals surface area contributed by atoms with E-state index in [0.717, 1.165) is 0 Å². The molecule has 172 valence electrons. The molecule has 0 bridgehead atoms. The topological polar surface area (TPSA) is 86.7 Å². The van der Waals surface area contributed by atoms with E-state index in [1.165, 1.54) is 0 Å². The highest BCUT2D eigenvalue weighted by Gasteiger charge is 2.48. The SMILES string of the molecule is CCOC(=O)CC1C(=O)CC(C)C1(C)C.CCOC(=O)CC1C(=O)C[C@H](C)C1(C)C. The van der Waals surface area contributed by atoms with Crippen LogP contribution in [0.2, 0.25) is 0 Å². The summed E-state index contributed by atoms with van der Waals surface area (Å²) in [6, 6.07) is 0. The van der Waals surface area contributed by atoms with Crippen LogP contribution in [-0.2, 0) is 28.7 Å². The molecule has 0 aliphatic heterocycles. The molecule has 0 spiro atoms. The van der Waals surface area contributed by atoms with Crippen LogP contribution in [0.1, 0.15) is 81.1 Å². The van der Waals surface area contributed by atoms with Crippen molar-refractivity contribution in [1.29, 1.82) is 0 Å². The summed E-state index contributed by atoms with van der Waals surface area (Å²) < 4.78 is 9.78. The van der Waals surface area contributed by atoms with Crippen molar-refractivity contribution >= 4 is 23.5 Å². The van der Waals surface area contributed by atoms with Crippen molar-refractivity contribution in [2.24, 2.45) is 34.5 Å². The molecule has 0 aromatic rings. The number of hydrogen-bond donors (Lipinski definition) is 0. The molecule has 30 heavy (non-hydrogen) atoms. The van der Waals surface area contributed by atoms with E-state index < -0.39 is 0 Å². The molecular formula is C24H40O6. The summed E-state index contributed by atoms with van der Waals surface area (Å²) >= 11 is 0. The average Bonchev–Trinajstić information content (AvgIpc) is 2.93. The molecule has 2 rings (SSSR count). The normalized spacial score (nSPS) is 29.2. The van der Waals surface area contributed by atoms with Gasteiger partial charge in [0.1, 0.15) is 11.6 Å². The Kier molecular flexibility index (Phi) is 9.25. The van der Waals surface area contributed by atoms with E-state index >= 15 is 0 Å². The Morgan fingerprint density at radius 2 is 1.07 bits per heavy atom. The zero-order valence-electron chi connectivity index (χ0n) is 20.0. The van der Waals surface area contributed by atoms with E-state index in [-0.39, 0.29) is 59.0 Å². The lowest BCUT2D eigenvalue weighted by molar-refractivity contribution is -0.147. The minimum absolute atomic E-state index is 0.0795. The van der Waals surface area contributed by atoms with Gasteiger partial charge in [0.25, 0.3) is 0 Å². The van der Waals surface area contributed by atoms with Crippen LogP contribution in [0.25, 0.3) is 0 Å². The average molecular weight is 425 g/mol. The third-order valence-corrected chi connectivity index (χ3v) is 7.48. The van der Waals surface area contributed by atoms with Crippen molar-refractivity contribution in [3.63, 3.8) is 0 Å². The van der Waals surface area contributed by atoms with E-state index in [1.54, 1.807) is 13.8 Å². The van der Waals surface area contributed by atoms with Crippen molar-refractivity contribution in [1.82, 2.24) is 0 Å². The van der Waals surface area contributed by atoms with Crippen molar-refractivity contribution in [3.8, 4) is 0 Å². The Hall–Kier alpha value is -1.72. The molecule has 4 atom stereocenters. The molecule has 0 amide bonds. The highest BCUT2D eigenvalue weighted by molar-refractivity contribution is 5.89. The maximum atomic E-state index is 11.7. The molecule has 0 N–H and O–H groups in total. The van der Waals surface area contributed by atoms with Crippen molar-refractivity contribution in [3.05, 3.63) is 0 Å². The van der Waals surface area contributed by atoms with Gasteiger partial charge in [-0.1, -0.05) is 41.5 Å². The van der Waals surface area contributed by atoms with E-state index in [2.05, 4.69) is 41.5 Å². The number of ketones is 2. The van der Waals surface area contributed by atoms with Gasteiger partial charge in [0.15, 0.2) is 0 Å².